The van der Waals surface area contributed by atoms with Gasteiger partial charge in [-0.2, -0.15) is 5.10 Å². The minimum Gasteiger partial charge on any atom is -0.490 e. The normalized spacial score (nSPS) is 23.9. The average Bonchev–Trinajstić information content (AvgIpc) is 3.67. The number of piperidine rings is 1. The molecule has 2 saturated heterocycles. The minimum absolute atomic E-state index is 0.0597. The molecule has 38 heavy (non-hydrogen) atoms. The summed E-state index contributed by atoms with van der Waals surface area (Å²) in [5.41, 5.74) is 4.28. The number of fused-ring (bicyclic) bond motifs is 3. The number of carbonyl (C=O) groups excluding carboxylic acids is 1. The molecule has 4 heterocycles. The number of aromatic amines is 1. The van der Waals surface area contributed by atoms with Crippen LogP contribution in [-0.2, 0) is 0 Å². The second-order valence-corrected chi connectivity index (χ2v) is 11.2. The van der Waals surface area contributed by atoms with Crippen molar-refractivity contribution in [1.29, 1.82) is 0 Å². The van der Waals surface area contributed by atoms with E-state index in [4.69, 9.17) is 4.74 Å². The maximum atomic E-state index is 13.3. The Morgan fingerprint density at radius 2 is 1.82 bits per heavy atom. The Labute approximate surface area is 222 Å². The standard InChI is InChI=1S/C31H33N5O2/c1-36-22-10-11-23(36)18-25(17-22)38-24-12-7-19(8-13-24)29-26-16-21(9-14-27(26)34-35-29)31(37)33-30(20-5-6-20)28-4-2-3-15-32-28/h2-4,7-9,12-16,20,22-23,25,30H,5-6,10-11,17-18H2,1H3,(H,33,37)(H,34,35)/t22?,23?,25?,30-/m0/s1. The van der Waals surface area contributed by atoms with Gasteiger partial charge in [0.2, 0.25) is 0 Å². The van der Waals surface area contributed by atoms with Gasteiger partial charge in [0.1, 0.15) is 11.9 Å². The van der Waals surface area contributed by atoms with E-state index in [-0.39, 0.29) is 18.1 Å². The van der Waals surface area contributed by atoms with E-state index in [1.165, 1.54) is 12.8 Å². The molecule has 4 aromatic rings. The highest BCUT2D eigenvalue weighted by Crippen LogP contribution is 2.41. The summed E-state index contributed by atoms with van der Waals surface area (Å²) in [5, 5.41) is 11.9. The molecule has 1 aliphatic carbocycles. The first kappa shape index (κ1) is 23.4. The number of rotatable bonds is 7. The van der Waals surface area contributed by atoms with E-state index in [1.807, 2.05) is 48.5 Å². The maximum Gasteiger partial charge on any atom is 0.251 e. The topological polar surface area (TPSA) is 83.1 Å². The third-order valence-corrected chi connectivity index (χ3v) is 8.70. The van der Waals surface area contributed by atoms with E-state index in [2.05, 4.69) is 44.6 Å². The van der Waals surface area contributed by atoms with Crippen LogP contribution in [0.4, 0.5) is 0 Å². The molecule has 3 fully saturated rings. The van der Waals surface area contributed by atoms with Crippen LogP contribution in [-0.4, -0.2) is 51.2 Å². The SMILES string of the molecule is CN1C2CCC1CC(Oc1ccc(-c3n[nH]c4ccc(C(=O)N[C@H](c5ccccn5)C5CC5)cc34)cc1)C2. The number of hydrogen-bond donors (Lipinski definition) is 2. The van der Waals surface area contributed by atoms with Gasteiger partial charge >= 0.3 is 0 Å². The molecule has 7 rings (SSSR count). The molecule has 0 spiro atoms. The molecule has 7 heteroatoms. The number of ether oxygens (including phenoxy) is 1. The second-order valence-electron chi connectivity index (χ2n) is 11.2. The number of nitrogens with zero attached hydrogens (tertiary/aromatic N) is 3. The van der Waals surface area contributed by atoms with Gasteiger partial charge in [-0.1, -0.05) is 6.07 Å². The fourth-order valence-electron chi connectivity index (χ4n) is 6.36. The van der Waals surface area contributed by atoms with Crippen molar-refractivity contribution in [3.63, 3.8) is 0 Å². The minimum atomic E-state index is -0.0857. The summed E-state index contributed by atoms with van der Waals surface area (Å²) >= 11 is 0. The molecule has 2 unspecified atom stereocenters. The molecule has 0 radical (unpaired) electrons. The summed E-state index contributed by atoms with van der Waals surface area (Å²) in [6.45, 7) is 0. The third kappa shape index (κ3) is 4.45. The summed E-state index contributed by atoms with van der Waals surface area (Å²) in [6.07, 6.45) is 9.09. The number of carbonyl (C=O) groups is 1. The van der Waals surface area contributed by atoms with Gasteiger partial charge in [0.25, 0.3) is 5.91 Å². The van der Waals surface area contributed by atoms with Gasteiger partial charge in [-0.15, -0.1) is 0 Å². The zero-order valence-electron chi connectivity index (χ0n) is 21.6. The lowest BCUT2D eigenvalue weighted by molar-refractivity contribution is 0.0662. The van der Waals surface area contributed by atoms with Crippen LogP contribution < -0.4 is 10.1 Å². The van der Waals surface area contributed by atoms with Crippen molar-refractivity contribution >= 4 is 16.8 Å². The fraction of sp³-hybridized carbons (Fsp3) is 0.387. The lowest BCUT2D eigenvalue weighted by Gasteiger charge is -2.36. The van der Waals surface area contributed by atoms with Crippen LogP contribution in [0.15, 0.2) is 66.9 Å². The maximum absolute atomic E-state index is 13.3. The first-order chi connectivity index (χ1) is 18.6. The quantitative estimate of drug-likeness (QED) is 0.345. The second kappa shape index (κ2) is 9.55. The molecule has 1 amide bonds. The summed E-state index contributed by atoms with van der Waals surface area (Å²) in [5.74, 6) is 1.27. The van der Waals surface area contributed by atoms with Crippen LogP contribution in [0, 0.1) is 5.92 Å². The summed E-state index contributed by atoms with van der Waals surface area (Å²) in [6, 6.07) is 21.0. The van der Waals surface area contributed by atoms with Crippen molar-refractivity contribution in [1.82, 2.24) is 25.4 Å². The molecule has 2 aromatic heterocycles. The van der Waals surface area contributed by atoms with Gasteiger partial charge in [0.15, 0.2) is 0 Å². The van der Waals surface area contributed by atoms with E-state index in [0.29, 0.717) is 23.6 Å². The van der Waals surface area contributed by atoms with E-state index < -0.39 is 0 Å². The largest absolute Gasteiger partial charge is 0.490 e. The van der Waals surface area contributed by atoms with E-state index in [1.54, 1.807) is 6.20 Å². The third-order valence-electron chi connectivity index (χ3n) is 8.70. The molecule has 2 aliphatic heterocycles. The number of hydrogen-bond acceptors (Lipinski definition) is 5. The first-order valence-corrected chi connectivity index (χ1v) is 13.8. The zero-order valence-corrected chi connectivity index (χ0v) is 21.6. The monoisotopic (exact) mass is 507 g/mol. The van der Waals surface area contributed by atoms with Crippen LogP contribution in [0.2, 0.25) is 0 Å². The van der Waals surface area contributed by atoms with Crippen LogP contribution in [0.3, 0.4) is 0 Å². The molecule has 2 aromatic carbocycles. The van der Waals surface area contributed by atoms with Crippen molar-refractivity contribution in [3.8, 4) is 17.0 Å². The first-order valence-electron chi connectivity index (χ1n) is 13.8. The van der Waals surface area contributed by atoms with Gasteiger partial charge in [-0.25, -0.2) is 0 Å². The Hall–Kier alpha value is -3.71. The van der Waals surface area contributed by atoms with Gasteiger partial charge in [-0.3, -0.25) is 14.9 Å². The molecule has 3 atom stereocenters. The van der Waals surface area contributed by atoms with Crippen molar-refractivity contribution in [3.05, 3.63) is 78.1 Å². The van der Waals surface area contributed by atoms with Gasteiger partial charge in [0.05, 0.1) is 22.9 Å². The number of pyridine rings is 1. The summed E-state index contributed by atoms with van der Waals surface area (Å²) in [7, 11) is 2.25. The Kier molecular flexibility index (Phi) is 5.88. The van der Waals surface area contributed by atoms with E-state index in [0.717, 1.165) is 59.3 Å². The van der Waals surface area contributed by atoms with Gasteiger partial charge in [0, 0.05) is 34.8 Å². The zero-order chi connectivity index (χ0) is 25.6. The number of H-pyrrole nitrogens is 1. The van der Waals surface area contributed by atoms with Crippen molar-refractivity contribution in [2.75, 3.05) is 7.05 Å². The van der Waals surface area contributed by atoms with E-state index in [9.17, 15) is 4.79 Å². The lowest BCUT2D eigenvalue weighted by atomic mass is 10.0. The average molecular weight is 508 g/mol. The van der Waals surface area contributed by atoms with Crippen molar-refractivity contribution in [2.45, 2.75) is 62.8 Å². The highest BCUT2D eigenvalue weighted by Gasteiger charge is 2.39. The highest BCUT2D eigenvalue weighted by atomic mass is 16.5. The lowest BCUT2D eigenvalue weighted by Crippen LogP contribution is -2.43. The predicted octanol–water partition coefficient (Wildman–Crippen LogP) is 5.51. The highest BCUT2D eigenvalue weighted by molar-refractivity contribution is 6.01. The predicted molar refractivity (Wildman–Crippen MR) is 147 cm³/mol. The van der Waals surface area contributed by atoms with Crippen LogP contribution in [0.25, 0.3) is 22.2 Å². The number of benzene rings is 2. The molecular weight excluding hydrogens is 474 g/mol. The number of amides is 1. The molecule has 2 N–H and O–H groups in total. The summed E-state index contributed by atoms with van der Waals surface area (Å²) in [4.78, 5) is 20.3. The Balaban J connectivity index is 1.08. The Bertz CT molecular complexity index is 1430. The fourth-order valence-corrected chi connectivity index (χ4v) is 6.36. The Morgan fingerprint density at radius 3 is 2.53 bits per heavy atom. The van der Waals surface area contributed by atoms with Crippen LogP contribution in [0.5, 0.6) is 5.75 Å². The number of nitrogens with one attached hydrogen (secondary N) is 2. The summed E-state index contributed by atoms with van der Waals surface area (Å²) < 4.78 is 6.38. The van der Waals surface area contributed by atoms with Crippen LogP contribution in [0.1, 0.15) is 60.6 Å². The molecule has 2 bridgehead atoms. The smallest absolute Gasteiger partial charge is 0.251 e. The van der Waals surface area contributed by atoms with Crippen molar-refractivity contribution in [2.24, 2.45) is 5.92 Å². The van der Waals surface area contributed by atoms with Crippen LogP contribution >= 0.6 is 0 Å². The van der Waals surface area contributed by atoms with E-state index >= 15 is 0 Å². The molecule has 1 saturated carbocycles. The van der Waals surface area contributed by atoms with Gasteiger partial charge in [-0.05, 0) is 106 Å². The number of aromatic nitrogens is 3. The molecular formula is C31H33N5O2. The molecule has 7 nitrogen and oxygen atoms in total. The Morgan fingerprint density at radius 1 is 1.03 bits per heavy atom. The van der Waals surface area contributed by atoms with Crippen molar-refractivity contribution < 1.29 is 9.53 Å². The molecule has 3 aliphatic rings. The van der Waals surface area contributed by atoms with Gasteiger partial charge < -0.3 is 15.0 Å². The molecule has 194 valence electrons.